The van der Waals surface area contributed by atoms with Crippen molar-refractivity contribution in [1.29, 1.82) is 0 Å². The van der Waals surface area contributed by atoms with Gasteiger partial charge in [0.05, 0.1) is 5.01 Å². The molecule has 0 radical (unpaired) electrons. The number of carbonyl (C=O) groups is 1. The highest BCUT2D eigenvalue weighted by molar-refractivity contribution is 9.11. The molecule has 5 heteroatoms. The molecule has 0 bridgehead atoms. The first-order chi connectivity index (χ1) is 6.00. The van der Waals surface area contributed by atoms with Gasteiger partial charge in [-0.15, -0.1) is 11.3 Å². The summed E-state index contributed by atoms with van der Waals surface area (Å²) in [5.74, 6) is -0.474. The fraction of sp³-hybridized carbons (Fsp3) is 0.500. The molecule has 1 heterocycles. The van der Waals surface area contributed by atoms with Crippen LogP contribution in [0, 0.1) is 5.92 Å². The van der Waals surface area contributed by atoms with Crippen molar-refractivity contribution in [1.82, 2.24) is 4.98 Å². The minimum Gasteiger partial charge on any atom is -0.476 e. The SMILES string of the molecule is CC(C)Cc1nc(C(=O)O)c(Br)s1. The summed E-state index contributed by atoms with van der Waals surface area (Å²) in [5.41, 5.74) is 0.126. The standard InChI is InChI=1S/C8H10BrNO2S/c1-4(2)3-5-10-6(8(11)12)7(9)13-5/h4H,3H2,1-2H3,(H,11,12). The van der Waals surface area contributed by atoms with Gasteiger partial charge in [-0.25, -0.2) is 9.78 Å². The lowest BCUT2D eigenvalue weighted by atomic mass is 10.1. The minimum atomic E-state index is -0.974. The first kappa shape index (κ1) is 10.7. The average molecular weight is 264 g/mol. The van der Waals surface area contributed by atoms with Crippen molar-refractivity contribution in [2.24, 2.45) is 5.92 Å². The molecule has 0 saturated carbocycles. The highest BCUT2D eigenvalue weighted by Gasteiger charge is 2.15. The fourth-order valence-corrected chi connectivity index (χ4v) is 2.72. The van der Waals surface area contributed by atoms with Crippen LogP contribution in [0.3, 0.4) is 0 Å². The van der Waals surface area contributed by atoms with E-state index in [0.29, 0.717) is 9.70 Å². The summed E-state index contributed by atoms with van der Waals surface area (Å²) in [6, 6.07) is 0. The second-order valence-corrected chi connectivity index (χ2v) is 5.53. The molecule has 0 amide bonds. The number of rotatable bonds is 3. The average Bonchev–Trinajstić information content (AvgIpc) is 2.29. The number of carboxylic acid groups (broad SMARTS) is 1. The highest BCUT2D eigenvalue weighted by Crippen LogP contribution is 2.26. The number of halogens is 1. The van der Waals surface area contributed by atoms with E-state index in [4.69, 9.17) is 5.11 Å². The van der Waals surface area contributed by atoms with E-state index >= 15 is 0 Å². The third-order valence-electron chi connectivity index (χ3n) is 1.42. The fourth-order valence-electron chi connectivity index (χ4n) is 0.912. The molecular weight excluding hydrogens is 254 g/mol. The van der Waals surface area contributed by atoms with E-state index in [1.54, 1.807) is 0 Å². The van der Waals surface area contributed by atoms with Crippen molar-refractivity contribution in [3.05, 3.63) is 14.5 Å². The van der Waals surface area contributed by atoms with E-state index in [1.165, 1.54) is 11.3 Å². The Morgan fingerprint density at radius 2 is 2.31 bits per heavy atom. The number of hydrogen-bond acceptors (Lipinski definition) is 3. The van der Waals surface area contributed by atoms with E-state index in [2.05, 4.69) is 34.8 Å². The van der Waals surface area contributed by atoms with Crippen LogP contribution in [0.1, 0.15) is 29.3 Å². The van der Waals surface area contributed by atoms with Crippen LogP contribution in [0.4, 0.5) is 0 Å². The van der Waals surface area contributed by atoms with E-state index in [1.807, 2.05) is 0 Å². The molecule has 0 aromatic carbocycles. The van der Waals surface area contributed by atoms with Crippen LogP contribution < -0.4 is 0 Å². The van der Waals surface area contributed by atoms with Crippen molar-refractivity contribution >= 4 is 33.2 Å². The second-order valence-electron chi connectivity index (χ2n) is 3.13. The van der Waals surface area contributed by atoms with Gasteiger partial charge in [0.25, 0.3) is 0 Å². The Bertz CT molecular complexity index is 322. The molecule has 1 rings (SSSR count). The topological polar surface area (TPSA) is 50.2 Å². The number of carboxylic acids is 1. The summed E-state index contributed by atoms with van der Waals surface area (Å²) in [5, 5.41) is 9.60. The quantitative estimate of drug-likeness (QED) is 0.913. The summed E-state index contributed by atoms with van der Waals surface area (Å²) in [6.07, 6.45) is 0.830. The Balaban J connectivity index is 2.89. The summed E-state index contributed by atoms with van der Waals surface area (Å²) in [6.45, 7) is 4.16. The molecule has 0 aliphatic carbocycles. The number of aromatic carboxylic acids is 1. The number of nitrogens with zero attached hydrogens (tertiary/aromatic N) is 1. The van der Waals surface area contributed by atoms with Crippen molar-refractivity contribution in [2.75, 3.05) is 0 Å². The summed E-state index contributed by atoms with van der Waals surface area (Å²) in [4.78, 5) is 14.7. The lowest BCUT2D eigenvalue weighted by Crippen LogP contribution is -1.99. The first-order valence-electron chi connectivity index (χ1n) is 3.89. The molecule has 1 N–H and O–H groups in total. The molecule has 0 unspecified atom stereocenters. The van der Waals surface area contributed by atoms with Crippen LogP contribution in [-0.4, -0.2) is 16.1 Å². The molecule has 0 aliphatic heterocycles. The zero-order chi connectivity index (χ0) is 10.0. The molecule has 0 saturated heterocycles. The van der Waals surface area contributed by atoms with E-state index in [9.17, 15) is 4.79 Å². The highest BCUT2D eigenvalue weighted by atomic mass is 79.9. The summed E-state index contributed by atoms with van der Waals surface area (Å²) in [7, 11) is 0. The van der Waals surface area contributed by atoms with E-state index in [-0.39, 0.29) is 5.69 Å². The number of aromatic nitrogens is 1. The van der Waals surface area contributed by atoms with Crippen molar-refractivity contribution in [3.8, 4) is 0 Å². The maximum atomic E-state index is 10.6. The maximum Gasteiger partial charge on any atom is 0.356 e. The predicted molar refractivity (Wildman–Crippen MR) is 55.3 cm³/mol. The Morgan fingerprint density at radius 3 is 2.69 bits per heavy atom. The molecule has 0 fully saturated rings. The largest absolute Gasteiger partial charge is 0.476 e. The van der Waals surface area contributed by atoms with Crippen LogP contribution in [-0.2, 0) is 6.42 Å². The summed E-state index contributed by atoms with van der Waals surface area (Å²) < 4.78 is 0.607. The van der Waals surface area contributed by atoms with Gasteiger partial charge in [0.2, 0.25) is 0 Å². The van der Waals surface area contributed by atoms with Crippen molar-refractivity contribution in [2.45, 2.75) is 20.3 Å². The van der Waals surface area contributed by atoms with Gasteiger partial charge in [0.15, 0.2) is 5.69 Å². The molecule has 0 atom stereocenters. The molecular formula is C8H10BrNO2S. The first-order valence-corrected chi connectivity index (χ1v) is 5.50. The Labute approximate surface area is 88.9 Å². The van der Waals surface area contributed by atoms with Crippen LogP contribution in [0.2, 0.25) is 0 Å². The molecule has 72 valence electrons. The lowest BCUT2D eigenvalue weighted by Gasteiger charge is -1.97. The third kappa shape index (κ3) is 2.77. The normalized spacial score (nSPS) is 10.8. The Hall–Kier alpha value is -0.420. The molecule has 0 aliphatic rings. The lowest BCUT2D eigenvalue weighted by molar-refractivity contribution is 0.0690. The van der Waals surface area contributed by atoms with Crippen LogP contribution in [0.5, 0.6) is 0 Å². The van der Waals surface area contributed by atoms with E-state index < -0.39 is 5.97 Å². The molecule has 0 spiro atoms. The van der Waals surface area contributed by atoms with Gasteiger partial charge in [-0.05, 0) is 21.8 Å². The van der Waals surface area contributed by atoms with Gasteiger partial charge >= 0.3 is 5.97 Å². The van der Waals surface area contributed by atoms with Gasteiger partial charge < -0.3 is 5.11 Å². The van der Waals surface area contributed by atoms with Gasteiger partial charge in [-0.1, -0.05) is 13.8 Å². The third-order valence-corrected chi connectivity index (χ3v) is 3.14. The van der Waals surface area contributed by atoms with Crippen molar-refractivity contribution in [3.63, 3.8) is 0 Å². The molecule has 13 heavy (non-hydrogen) atoms. The Kier molecular flexibility index (Phi) is 3.44. The number of hydrogen-bond donors (Lipinski definition) is 1. The zero-order valence-electron chi connectivity index (χ0n) is 7.37. The minimum absolute atomic E-state index is 0.126. The summed E-state index contributed by atoms with van der Waals surface area (Å²) >= 11 is 4.58. The maximum absolute atomic E-state index is 10.6. The van der Waals surface area contributed by atoms with Gasteiger partial charge in [0, 0.05) is 6.42 Å². The van der Waals surface area contributed by atoms with E-state index in [0.717, 1.165) is 11.4 Å². The predicted octanol–water partition coefficient (Wildman–Crippen LogP) is 2.80. The molecule has 1 aromatic rings. The monoisotopic (exact) mass is 263 g/mol. The van der Waals surface area contributed by atoms with Crippen LogP contribution >= 0.6 is 27.3 Å². The van der Waals surface area contributed by atoms with Gasteiger partial charge in [0.1, 0.15) is 3.79 Å². The van der Waals surface area contributed by atoms with Gasteiger partial charge in [-0.2, -0.15) is 0 Å². The van der Waals surface area contributed by atoms with Crippen molar-refractivity contribution < 1.29 is 9.90 Å². The zero-order valence-corrected chi connectivity index (χ0v) is 9.78. The molecule has 3 nitrogen and oxygen atoms in total. The number of thiazole rings is 1. The van der Waals surface area contributed by atoms with Crippen LogP contribution in [0.25, 0.3) is 0 Å². The Morgan fingerprint density at radius 1 is 1.69 bits per heavy atom. The van der Waals surface area contributed by atoms with Gasteiger partial charge in [-0.3, -0.25) is 0 Å². The molecule has 1 aromatic heterocycles. The van der Waals surface area contributed by atoms with Crippen LogP contribution in [0.15, 0.2) is 3.79 Å². The second kappa shape index (κ2) is 4.19. The smallest absolute Gasteiger partial charge is 0.356 e.